The molecule has 2 aliphatic rings. The number of piperidine rings is 1. The molecule has 0 aliphatic carbocycles. The number of likely N-dealkylation sites (tertiary alicyclic amines) is 1. The number of benzene rings is 2. The van der Waals surface area contributed by atoms with Crippen LogP contribution in [0.25, 0.3) is 0 Å². The molecule has 0 radical (unpaired) electrons. The Kier molecular flexibility index (Phi) is 5.24. The zero-order chi connectivity index (χ0) is 20.6. The van der Waals surface area contributed by atoms with Crippen molar-refractivity contribution in [1.29, 1.82) is 0 Å². The average molecular weight is 397 g/mol. The molecule has 0 spiro atoms. The summed E-state index contributed by atoms with van der Waals surface area (Å²) >= 11 is 0. The second-order valence-corrected chi connectivity index (χ2v) is 8.66. The predicted molar refractivity (Wildman–Crippen MR) is 113 cm³/mol. The molecule has 0 aromatic heterocycles. The molecule has 0 unspecified atom stereocenters. The van der Waals surface area contributed by atoms with Crippen molar-refractivity contribution in [3.63, 3.8) is 0 Å². The number of carbonyl (C=O) groups is 1. The molecule has 29 heavy (non-hydrogen) atoms. The maximum Gasteiger partial charge on any atom is 0.257 e. The van der Waals surface area contributed by atoms with Crippen molar-refractivity contribution in [2.45, 2.75) is 45.2 Å². The van der Waals surface area contributed by atoms with E-state index in [0.717, 1.165) is 25.1 Å². The fraction of sp³-hybridized carbons (Fsp3) is 0.458. The van der Waals surface area contributed by atoms with E-state index in [0.29, 0.717) is 36.4 Å². The highest BCUT2D eigenvalue weighted by Gasteiger charge is 2.48. The lowest BCUT2D eigenvalue weighted by Gasteiger charge is -2.42. The lowest BCUT2D eigenvalue weighted by atomic mass is 9.89. The third-order valence-corrected chi connectivity index (χ3v) is 6.23. The van der Waals surface area contributed by atoms with Gasteiger partial charge < -0.3 is 14.5 Å². The van der Waals surface area contributed by atoms with Crippen molar-refractivity contribution in [1.82, 2.24) is 4.90 Å². The summed E-state index contributed by atoms with van der Waals surface area (Å²) in [6, 6.07) is 14.7. The van der Waals surface area contributed by atoms with Crippen LogP contribution in [0.2, 0.25) is 0 Å². The van der Waals surface area contributed by atoms with Gasteiger partial charge in [0.1, 0.15) is 11.6 Å². The minimum Gasteiger partial charge on any atom is -0.493 e. The van der Waals surface area contributed by atoms with E-state index in [9.17, 15) is 9.18 Å². The summed E-state index contributed by atoms with van der Waals surface area (Å²) in [5, 5.41) is 0. The van der Waals surface area contributed by atoms with Gasteiger partial charge >= 0.3 is 0 Å². The van der Waals surface area contributed by atoms with Gasteiger partial charge in [0.2, 0.25) is 0 Å². The molecule has 5 heteroatoms. The van der Waals surface area contributed by atoms with E-state index in [-0.39, 0.29) is 17.3 Å². The van der Waals surface area contributed by atoms with Crippen LogP contribution in [0, 0.1) is 11.7 Å². The van der Waals surface area contributed by atoms with Gasteiger partial charge in [0.05, 0.1) is 12.2 Å². The molecule has 2 fully saturated rings. The van der Waals surface area contributed by atoms with Gasteiger partial charge in [-0.05, 0) is 69.9 Å². The van der Waals surface area contributed by atoms with Gasteiger partial charge in [-0.15, -0.1) is 0 Å². The van der Waals surface area contributed by atoms with Crippen LogP contribution in [0.1, 0.15) is 44.0 Å². The Labute approximate surface area is 172 Å². The largest absolute Gasteiger partial charge is 0.493 e. The van der Waals surface area contributed by atoms with Gasteiger partial charge in [0.25, 0.3) is 5.91 Å². The number of anilines is 1. The molecule has 1 amide bonds. The van der Waals surface area contributed by atoms with Crippen molar-refractivity contribution >= 4 is 11.6 Å². The van der Waals surface area contributed by atoms with Gasteiger partial charge in [0, 0.05) is 30.4 Å². The summed E-state index contributed by atoms with van der Waals surface area (Å²) in [6.07, 6.45) is 1.86. The Morgan fingerprint density at radius 2 is 2.00 bits per heavy atom. The van der Waals surface area contributed by atoms with Crippen LogP contribution < -0.4 is 9.64 Å². The van der Waals surface area contributed by atoms with Crippen LogP contribution in [0.15, 0.2) is 48.5 Å². The molecule has 0 saturated carbocycles. The SMILES string of the molecule is CCOc1ccccc1C(=O)N1CC[C@H]2[C@@H](C1)CC(C)(C)N2c1cccc(F)c1. The fourth-order valence-corrected chi connectivity index (χ4v) is 5.20. The van der Waals surface area contributed by atoms with Gasteiger partial charge in [-0.2, -0.15) is 0 Å². The van der Waals surface area contributed by atoms with Crippen LogP contribution in [0.4, 0.5) is 10.1 Å². The predicted octanol–water partition coefficient (Wildman–Crippen LogP) is 4.74. The number of fused-ring (bicyclic) bond motifs is 1. The summed E-state index contributed by atoms with van der Waals surface area (Å²) in [6.45, 7) is 8.31. The molecule has 2 heterocycles. The topological polar surface area (TPSA) is 32.8 Å². The normalized spacial score (nSPS) is 23.0. The Hall–Kier alpha value is -2.56. The maximum absolute atomic E-state index is 13.9. The number of carbonyl (C=O) groups excluding carboxylic acids is 1. The van der Waals surface area contributed by atoms with Gasteiger partial charge in [-0.1, -0.05) is 18.2 Å². The van der Waals surface area contributed by atoms with Crippen LogP contribution in [-0.2, 0) is 0 Å². The number of ether oxygens (including phenoxy) is 1. The summed E-state index contributed by atoms with van der Waals surface area (Å²) in [7, 11) is 0. The highest BCUT2D eigenvalue weighted by molar-refractivity contribution is 5.97. The van der Waals surface area contributed by atoms with E-state index in [1.165, 1.54) is 6.07 Å². The van der Waals surface area contributed by atoms with Crippen LogP contribution in [-0.4, -0.2) is 42.1 Å². The first-order chi connectivity index (χ1) is 13.9. The zero-order valence-electron chi connectivity index (χ0n) is 17.4. The zero-order valence-corrected chi connectivity index (χ0v) is 17.4. The van der Waals surface area contributed by atoms with Crippen molar-refractivity contribution in [2.75, 3.05) is 24.6 Å². The molecule has 4 rings (SSSR count). The Morgan fingerprint density at radius 3 is 2.76 bits per heavy atom. The third-order valence-electron chi connectivity index (χ3n) is 6.23. The first-order valence-electron chi connectivity index (χ1n) is 10.5. The van der Waals surface area contributed by atoms with E-state index >= 15 is 0 Å². The average Bonchev–Trinajstić information content (AvgIpc) is 2.97. The molecule has 2 aromatic rings. The van der Waals surface area contributed by atoms with Gasteiger partial charge in [-0.25, -0.2) is 4.39 Å². The lowest BCUT2D eigenvalue weighted by Crippen LogP contribution is -2.50. The lowest BCUT2D eigenvalue weighted by molar-refractivity contribution is 0.0663. The molecule has 4 nitrogen and oxygen atoms in total. The van der Waals surface area contributed by atoms with E-state index in [2.05, 4.69) is 18.7 Å². The van der Waals surface area contributed by atoms with E-state index < -0.39 is 0 Å². The monoisotopic (exact) mass is 396 g/mol. The van der Waals surface area contributed by atoms with Gasteiger partial charge in [0.15, 0.2) is 0 Å². The van der Waals surface area contributed by atoms with Crippen molar-refractivity contribution < 1.29 is 13.9 Å². The van der Waals surface area contributed by atoms with Crippen molar-refractivity contribution in [2.24, 2.45) is 5.92 Å². The minimum atomic E-state index is -0.207. The highest BCUT2D eigenvalue weighted by Crippen LogP contribution is 2.45. The second-order valence-electron chi connectivity index (χ2n) is 8.66. The first kappa shape index (κ1) is 19.7. The number of amides is 1. The number of nitrogens with zero attached hydrogens (tertiary/aromatic N) is 2. The van der Waals surface area contributed by atoms with Crippen molar-refractivity contribution in [3.8, 4) is 5.75 Å². The van der Waals surface area contributed by atoms with Crippen molar-refractivity contribution in [3.05, 3.63) is 59.9 Å². The summed E-state index contributed by atoms with van der Waals surface area (Å²) < 4.78 is 19.5. The molecule has 0 bridgehead atoms. The maximum atomic E-state index is 13.9. The second kappa shape index (κ2) is 7.69. The minimum absolute atomic E-state index is 0.0366. The third kappa shape index (κ3) is 3.70. The van der Waals surface area contributed by atoms with Crippen LogP contribution in [0.5, 0.6) is 5.75 Å². The van der Waals surface area contributed by atoms with E-state index in [4.69, 9.17) is 4.74 Å². The number of rotatable bonds is 4. The van der Waals surface area contributed by atoms with Crippen LogP contribution in [0.3, 0.4) is 0 Å². The fourth-order valence-electron chi connectivity index (χ4n) is 5.20. The number of para-hydroxylation sites is 1. The highest BCUT2D eigenvalue weighted by atomic mass is 19.1. The molecule has 154 valence electrons. The molecule has 0 N–H and O–H groups in total. The first-order valence-corrected chi connectivity index (χ1v) is 10.5. The summed E-state index contributed by atoms with van der Waals surface area (Å²) in [5.41, 5.74) is 1.49. The molecule has 2 aromatic carbocycles. The number of hydrogen-bond acceptors (Lipinski definition) is 3. The van der Waals surface area contributed by atoms with Gasteiger partial charge in [-0.3, -0.25) is 4.79 Å². The Morgan fingerprint density at radius 1 is 1.21 bits per heavy atom. The molecule has 2 aliphatic heterocycles. The Balaban J connectivity index is 1.55. The number of hydrogen-bond donors (Lipinski definition) is 0. The standard InChI is InChI=1S/C24H29FN2O2/c1-4-29-22-11-6-5-10-20(22)23(28)26-13-12-21-17(16-26)15-24(2,3)27(21)19-9-7-8-18(25)14-19/h5-11,14,17,21H,4,12-13,15-16H2,1-3H3/t17-,21+/m1/s1. The van der Waals surface area contributed by atoms with Crippen LogP contribution >= 0.6 is 0 Å². The molecular formula is C24H29FN2O2. The smallest absolute Gasteiger partial charge is 0.257 e. The summed E-state index contributed by atoms with van der Waals surface area (Å²) in [4.78, 5) is 17.6. The number of halogens is 1. The summed E-state index contributed by atoms with van der Waals surface area (Å²) in [5.74, 6) is 0.844. The van der Waals surface area contributed by atoms with E-state index in [1.807, 2.05) is 42.2 Å². The molecule has 2 saturated heterocycles. The molecular weight excluding hydrogens is 367 g/mol. The van der Waals surface area contributed by atoms with E-state index in [1.54, 1.807) is 12.1 Å². The Bertz CT molecular complexity index is 898. The quantitative estimate of drug-likeness (QED) is 0.748. The molecule has 2 atom stereocenters.